The van der Waals surface area contributed by atoms with Crippen molar-refractivity contribution < 1.29 is 14.6 Å². The zero-order valence-electron chi connectivity index (χ0n) is 20.0. The van der Waals surface area contributed by atoms with Gasteiger partial charge in [0.25, 0.3) is 5.91 Å². The van der Waals surface area contributed by atoms with Crippen LogP contribution < -0.4 is 4.74 Å². The molecule has 3 aromatic rings. The average molecular weight is 472 g/mol. The summed E-state index contributed by atoms with van der Waals surface area (Å²) in [4.78, 5) is 29.6. The molecule has 0 saturated carbocycles. The highest BCUT2D eigenvalue weighted by Crippen LogP contribution is 2.26. The number of nitrogens with zero attached hydrogens (tertiary/aromatic N) is 5. The van der Waals surface area contributed by atoms with Crippen molar-refractivity contribution in [2.75, 3.05) is 32.7 Å². The van der Waals surface area contributed by atoms with Crippen molar-refractivity contribution in [3.63, 3.8) is 0 Å². The van der Waals surface area contributed by atoms with Gasteiger partial charge in [-0.3, -0.25) is 19.7 Å². The van der Waals surface area contributed by atoms with E-state index >= 15 is 0 Å². The summed E-state index contributed by atoms with van der Waals surface area (Å²) in [7, 11) is 0. The zero-order chi connectivity index (χ0) is 24.4. The maximum atomic E-state index is 12.3. The number of ether oxygens (including phenoxy) is 1. The van der Waals surface area contributed by atoms with E-state index in [1.54, 1.807) is 4.90 Å². The molecule has 180 valence electrons. The largest absolute Gasteiger partial charge is 0.439 e. The van der Waals surface area contributed by atoms with Crippen LogP contribution in [0.5, 0.6) is 11.6 Å². The van der Waals surface area contributed by atoms with E-state index in [0.717, 1.165) is 47.2 Å². The number of benzene rings is 1. The Morgan fingerprint density at radius 3 is 2.57 bits per heavy atom. The Balaban J connectivity index is 1.20. The van der Waals surface area contributed by atoms with Crippen molar-refractivity contribution in [1.82, 2.24) is 19.8 Å². The topological polar surface area (TPSA) is 91.2 Å². The number of aromatic nitrogens is 2. The number of allylic oxidation sites excluding steroid dienone is 1. The lowest BCUT2D eigenvalue weighted by molar-refractivity contribution is -0.149. The lowest BCUT2D eigenvalue weighted by atomic mass is 10.1. The number of aliphatic imine (C=N–C) groups is 1. The van der Waals surface area contributed by atoms with Gasteiger partial charge in [-0.2, -0.15) is 0 Å². The van der Waals surface area contributed by atoms with Crippen molar-refractivity contribution in [3.8, 4) is 11.6 Å². The number of rotatable bonds is 6. The Labute approximate surface area is 204 Å². The van der Waals surface area contributed by atoms with Gasteiger partial charge in [-0.1, -0.05) is 0 Å². The average Bonchev–Trinajstić information content (AvgIpc) is 3.39. The Bertz CT molecular complexity index is 1290. The van der Waals surface area contributed by atoms with Crippen LogP contribution in [0.15, 0.2) is 59.9 Å². The van der Waals surface area contributed by atoms with Crippen molar-refractivity contribution in [2.24, 2.45) is 4.99 Å². The third kappa shape index (κ3) is 5.39. The van der Waals surface area contributed by atoms with Crippen LogP contribution in [0.25, 0.3) is 16.5 Å². The second-order valence-corrected chi connectivity index (χ2v) is 9.49. The van der Waals surface area contributed by atoms with Gasteiger partial charge >= 0.3 is 0 Å². The summed E-state index contributed by atoms with van der Waals surface area (Å²) in [6, 6.07) is 11.9. The fraction of sp³-hybridized carbons (Fsp3) is 0.333. The molecule has 2 aromatic heterocycles. The number of amides is 1. The first-order valence-corrected chi connectivity index (χ1v) is 11.8. The molecule has 1 saturated heterocycles. The molecule has 0 unspecified atom stereocenters. The van der Waals surface area contributed by atoms with E-state index in [2.05, 4.69) is 25.9 Å². The van der Waals surface area contributed by atoms with Crippen molar-refractivity contribution >= 4 is 28.6 Å². The van der Waals surface area contributed by atoms with E-state index in [-0.39, 0.29) is 5.91 Å². The number of fused-ring (bicyclic) bond motifs is 1. The highest BCUT2D eigenvalue weighted by molar-refractivity contribution is 5.89. The summed E-state index contributed by atoms with van der Waals surface area (Å²) in [6.07, 6.45) is 7.52. The smallest absolute Gasteiger partial charge is 0.254 e. The SMILES string of the molecule is CC(C)(O)C(=O)N1CCN(Cc2cnc3cc(Oc4ccc(C5=CC=NC5)cn4)ccc3c2)CC1. The summed E-state index contributed by atoms with van der Waals surface area (Å²) in [5, 5.41) is 11.0. The van der Waals surface area contributed by atoms with Crippen LogP contribution in [0.4, 0.5) is 0 Å². The van der Waals surface area contributed by atoms with Crippen molar-refractivity contribution in [1.29, 1.82) is 0 Å². The second kappa shape index (κ2) is 9.56. The molecule has 0 aliphatic carbocycles. The summed E-state index contributed by atoms with van der Waals surface area (Å²) in [6.45, 7) is 7.30. The lowest BCUT2D eigenvalue weighted by Crippen LogP contribution is -2.53. The molecule has 0 atom stereocenters. The van der Waals surface area contributed by atoms with Crippen molar-refractivity contribution in [2.45, 2.75) is 26.0 Å². The Kier molecular flexibility index (Phi) is 6.32. The van der Waals surface area contributed by atoms with E-state index < -0.39 is 5.60 Å². The van der Waals surface area contributed by atoms with Crippen LogP contribution >= 0.6 is 0 Å². The van der Waals surface area contributed by atoms with Crippen molar-refractivity contribution in [3.05, 3.63) is 66.0 Å². The Morgan fingerprint density at radius 1 is 1.06 bits per heavy atom. The van der Waals surface area contributed by atoms with Gasteiger partial charge in [-0.25, -0.2) is 4.98 Å². The molecule has 8 heteroatoms. The van der Waals surface area contributed by atoms with Gasteiger partial charge in [-0.15, -0.1) is 0 Å². The van der Waals surface area contributed by atoms with E-state index in [4.69, 9.17) is 4.74 Å². The minimum Gasteiger partial charge on any atom is -0.439 e. The summed E-state index contributed by atoms with van der Waals surface area (Å²) < 4.78 is 5.95. The minimum absolute atomic E-state index is 0.213. The Morgan fingerprint density at radius 2 is 1.89 bits per heavy atom. The zero-order valence-corrected chi connectivity index (χ0v) is 20.0. The number of hydrogen-bond acceptors (Lipinski definition) is 7. The maximum absolute atomic E-state index is 12.3. The molecule has 35 heavy (non-hydrogen) atoms. The van der Waals surface area contributed by atoms with Gasteiger partial charge in [0, 0.05) is 68.9 Å². The monoisotopic (exact) mass is 471 g/mol. The highest BCUT2D eigenvalue weighted by atomic mass is 16.5. The van der Waals surface area contributed by atoms with Gasteiger partial charge in [-0.05, 0) is 60.9 Å². The number of aliphatic hydroxyl groups is 1. The molecule has 1 amide bonds. The molecule has 1 N–H and O–H groups in total. The number of carbonyl (C=O) groups is 1. The maximum Gasteiger partial charge on any atom is 0.254 e. The lowest BCUT2D eigenvalue weighted by Gasteiger charge is -2.37. The molecule has 8 nitrogen and oxygen atoms in total. The third-order valence-electron chi connectivity index (χ3n) is 6.27. The standard InChI is InChI=1S/C27H29N5O3/c1-27(2,34)26(33)32-11-9-31(10-12-32)18-19-13-20-3-5-23(14-24(20)29-15-19)35-25-6-4-21(17-30-25)22-7-8-28-16-22/h3-8,13-15,17,34H,9-12,16,18H2,1-2H3. The molecule has 2 aliphatic heterocycles. The Hall–Kier alpha value is -3.62. The molecule has 1 fully saturated rings. The first-order chi connectivity index (χ1) is 16.8. The molecule has 1 aromatic carbocycles. The van der Waals surface area contributed by atoms with Crippen LogP contribution in [0.1, 0.15) is 25.0 Å². The first kappa shape index (κ1) is 23.1. The quantitative estimate of drug-likeness (QED) is 0.593. The van der Waals surface area contributed by atoms with Gasteiger partial charge in [0.2, 0.25) is 5.88 Å². The van der Waals surface area contributed by atoms with Crippen LogP contribution in [-0.4, -0.2) is 75.3 Å². The molecule has 5 rings (SSSR count). The van der Waals surface area contributed by atoms with Crippen LogP contribution in [0, 0.1) is 0 Å². The molecular formula is C27H29N5O3. The third-order valence-corrected chi connectivity index (χ3v) is 6.27. The molecule has 2 aliphatic rings. The van der Waals surface area contributed by atoms with Crippen LogP contribution in [0.3, 0.4) is 0 Å². The van der Waals surface area contributed by atoms with Gasteiger partial charge in [0.15, 0.2) is 0 Å². The number of carbonyl (C=O) groups excluding carboxylic acids is 1. The molecular weight excluding hydrogens is 442 g/mol. The summed E-state index contributed by atoms with van der Waals surface area (Å²) in [5.74, 6) is 1.01. The predicted octanol–water partition coefficient (Wildman–Crippen LogP) is 3.31. The molecule has 0 spiro atoms. The normalized spacial score (nSPS) is 16.5. The fourth-order valence-electron chi connectivity index (χ4n) is 4.34. The van der Waals surface area contributed by atoms with Gasteiger partial charge < -0.3 is 14.7 Å². The molecule has 4 heterocycles. The van der Waals surface area contributed by atoms with E-state index in [0.29, 0.717) is 31.3 Å². The van der Waals surface area contributed by atoms with E-state index in [1.165, 1.54) is 13.8 Å². The van der Waals surface area contributed by atoms with Gasteiger partial charge in [0.1, 0.15) is 11.4 Å². The van der Waals surface area contributed by atoms with Crippen LogP contribution in [-0.2, 0) is 11.3 Å². The van der Waals surface area contributed by atoms with Crippen LogP contribution in [0.2, 0.25) is 0 Å². The number of piperazine rings is 1. The minimum atomic E-state index is -1.32. The number of pyridine rings is 2. The highest BCUT2D eigenvalue weighted by Gasteiger charge is 2.31. The van der Waals surface area contributed by atoms with Gasteiger partial charge in [0.05, 0.1) is 12.1 Å². The van der Waals surface area contributed by atoms with E-state index in [9.17, 15) is 9.90 Å². The number of hydrogen-bond donors (Lipinski definition) is 1. The molecule has 0 bridgehead atoms. The summed E-state index contributed by atoms with van der Waals surface area (Å²) >= 11 is 0. The summed E-state index contributed by atoms with van der Waals surface area (Å²) in [5.41, 5.74) is 2.86. The molecule has 0 radical (unpaired) electrons. The first-order valence-electron chi connectivity index (χ1n) is 11.8. The fourth-order valence-corrected chi connectivity index (χ4v) is 4.34. The second-order valence-electron chi connectivity index (χ2n) is 9.49. The van der Waals surface area contributed by atoms with E-state index in [1.807, 2.05) is 55.0 Å². The predicted molar refractivity (Wildman–Crippen MR) is 136 cm³/mol.